The number of hydrogen-bond acceptors (Lipinski definition) is 5. The van der Waals surface area contributed by atoms with Crippen LogP contribution in [-0.4, -0.2) is 41.1 Å². The zero-order valence-corrected chi connectivity index (χ0v) is 22.1. The molecule has 4 rings (SSSR count). The predicted molar refractivity (Wildman–Crippen MR) is 145 cm³/mol. The Balaban J connectivity index is 1.55. The number of carbonyl (C=O) groups is 3. The van der Waals surface area contributed by atoms with Gasteiger partial charge in [0.1, 0.15) is 6.54 Å². The van der Waals surface area contributed by atoms with Crippen LogP contribution in [0.3, 0.4) is 0 Å². The lowest BCUT2D eigenvalue weighted by Gasteiger charge is -2.41. The fraction of sp³-hybridized carbons (Fsp3) is 0.321. The highest BCUT2D eigenvalue weighted by atomic mass is 32.2. The average molecular weight is 490 g/mol. The van der Waals surface area contributed by atoms with Gasteiger partial charge in [-0.2, -0.15) is 0 Å². The van der Waals surface area contributed by atoms with Crippen molar-refractivity contribution in [3.8, 4) is 0 Å². The second-order valence-electron chi connectivity index (χ2n) is 9.88. The second kappa shape index (κ2) is 9.04. The molecular weight excluding hydrogens is 458 g/mol. The lowest BCUT2D eigenvalue weighted by molar-refractivity contribution is -0.127. The number of fused-ring (bicyclic) bond motifs is 1. The third kappa shape index (κ3) is 4.78. The Hall–Kier alpha value is -3.32. The minimum atomic E-state index is -0.446. The Labute approximate surface area is 211 Å². The Kier molecular flexibility index (Phi) is 6.40. The first-order chi connectivity index (χ1) is 16.4. The molecule has 1 saturated heterocycles. The fourth-order valence-corrected chi connectivity index (χ4v) is 5.24. The highest BCUT2D eigenvalue weighted by Crippen LogP contribution is 2.40. The van der Waals surface area contributed by atoms with Gasteiger partial charge in [-0.05, 0) is 111 Å². The van der Waals surface area contributed by atoms with Gasteiger partial charge < -0.3 is 10.2 Å². The van der Waals surface area contributed by atoms with Crippen molar-refractivity contribution in [2.75, 3.05) is 23.8 Å². The number of likely N-dealkylation sites (N-methyl/N-ethyl adjacent to an activating group) is 1. The molecule has 0 unspecified atom stereocenters. The number of amides is 3. The Morgan fingerprint density at radius 3 is 2.43 bits per heavy atom. The van der Waals surface area contributed by atoms with E-state index < -0.39 is 17.1 Å². The van der Waals surface area contributed by atoms with Crippen molar-refractivity contribution in [1.82, 2.24) is 4.90 Å². The Bertz CT molecular complexity index is 1320. The van der Waals surface area contributed by atoms with Crippen LogP contribution in [0, 0.1) is 20.8 Å². The van der Waals surface area contributed by atoms with Gasteiger partial charge in [-0.15, -0.1) is 0 Å². The number of hydrogen-bond donors (Lipinski definition) is 1. The summed E-state index contributed by atoms with van der Waals surface area (Å²) in [5.41, 5.74) is 8.04. The van der Waals surface area contributed by atoms with Crippen molar-refractivity contribution in [2.45, 2.75) is 47.1 Å². The van der Waals surface area contributed by atoms with Gasteiger partial charge in [-0.3, -0.25) is 19.3 Å². The summed E-state index contributed by atoms with van der Waals surface area (Å²) < 4.78 is 0. The largest absolute Gasteiger partial charge is 0.365 e. The third-order valence-corrected chi connectivity index (χ3v) is 7.76. The number of nitrogens with zero attached hydrogens (tertiary/aromatic N) is 2. The molecule has 35 heavy (non-hydrogen) atoms. The maximum absolute atomic E-state index is 13.0. The molecule has 2 aliphatic rings. The molecule has 0 radical (unpaired) electrons. The lowest BCUT2D eigenvalue weighted by Crippen LogP contribution is -2.42. The zero-order chi connectivity index (χ0) is 25.7. The SMILES string of the molecule is CC1=CC(C)(C)N(C)c2cc(C)c(/C=C3\SC(=O)N(CC(=O)Nc4ccc(C)c(C)c4)C3=O)cc21. The van der Waals surface area contributed by atoms with Crippen LogP contribution in [0.5, 0.6) is 0 Å². The highest BCUT2D eigenvalue weighted by molar-refractivity contribution is 8.18. The van der Waals surface area contributed by atoms with Crippen LogP contribution in [-0.2, 0) is 9.59 Å². The summed E-state index contributed by atoms with van der Waals surface area (Å²) >= 11 is 0.870. The molecule has 182 valence electrons. The first-order valence-electron chi connectivity index (χ1n) is 11.6. The van der Waals surface area contributed by atoms with Crippen LogP contribution in [0.15, 0.2) is 41.3 Å². The van der Waals surface area contributed by atoms with E-state index >= 15 is 0 Å². The Morgan fingerprint density at radius 1 is 1.03 bits per heavy atom. The molecule has 0 aromatic heterocycles. The molecule has 0 bridgehead atoms. The molecule has 1 fully saturated rings. The van der Waals surface area contributed by atoms with Crippen LogP contribution in [0.25, 0.3) is 11.6 Å². The van der Waals surface area contributed by atoms with Crippen molar-refractivity contribution >= 4 is 51.8 Å². The van der Waals surface area contributed by atoms with E-state index in [-0.39, 0.29) is 12.1 Å². The van der Waals surface area contributed by atoms with Gasteiger partial charge in [-0.1, -0.05) is 12.1 Å². The number of rotatable bonds is 4. The minimum Gasteiger partial charge on any atom is -0.365 e. The van der Waals surface area contributed by atoms with E-state index in [0.29, 0.717) is 10.6 Å². The number of thioether (sulfide) groups is 1. The number of aryl methyl sites for hydroxylation is 3. The highest BCUT2D eigenvalue weighted by Gasteiger charge is 2.36. The van der Waals surface area contributed by atoms with Crippen LogP contribution >= 0.6 is 11.8 Å². The van der Waals surface area contributed by atoms with Crippen LogP contribution < -0.4 is 10.2 Å². The van der Waals surface area contributed by atoms with Crippen molar-refractivity contribution in [3.05, 3.63) is 69.1 Å². The van der Waals surface area contributed by atoms with Gasteiger partial charge in [0.05, 0.1) is 10.4 Å². The van der Waals surface area contributed by atoms with Crippen molar-refractivity contribution < 1.29 is 14.4 Å². The molecule has 0 atom stereocenters. The van der Waals surface area contributed by atoms with E-state index in [1.165, 1.54) is 5.57 Å². The monoisotopic (exact) mass is 489 g/mol. The standard InChI is InChI=1S/C28H31N3O3S/c1-16-8-9-21(10-17(16)2)29-25(32)15-31-26(33)24(35-27(31)34)13-20-12-22-19(4)14-28(5,6)30(7)23(22)11-18(20)3/h8-14H,15H2,1-7H3,(H,29,32)/b24-13-. The van der Waals surface area contributed by atoms with E-state index in [9.17, 15) is 14.4 Å². The number of carbonyl (C=O) groups excluding carboxylic acids is 3. The summed E-state index contributed by atoms with van der Waals surface area (Å²) in [5.74, 6) is -0.856. The summed E-state index contributed by atoms with van der Waals surface area (Å²) in [5, 5.41) is 2.34. The molecule has 6 nitrogen and oxygen atoms in total. The van der Waals surface area contributed by atoms with Gasteiger partial charge in [0.15, 0.2) is 0 Å². The van der Waals surface area contributed by atoms with Crippen LogP contribution in [0.2, 0.25) is 0 Å². The van der Waals surface area contributed by atoms with Gasteiger partial charge in [0.2, 0.25) is 5.91 Å². The number of imide groups is 1. The van der Waals surface area contributed by atoms with Gasteiger partial charge >= 0.3 is 0 Å². The number of allylic oxidation sites excluding steroid dienone is 1. The number of nitrogens with one attached hydrogen (secondary N) is 1. The summed E-state index contributed by atoms with van der Waals surface area (Å²) in [6, 6.07) is 9.80. The van der Waals surface area contributed by atoms with Crippen molar-refractivity contribution in [3.63, 3.8) is 0 Å². The molecule has 2 aromatic carbocycles. The average Bonchev–Trinajstić information content (AvgIpc) is 3.03. The smallest absolute Gasteiger partial charge is 0.294 e. The molecule has 7 heteroatoms. The third-order valence-electron chi connectivity index (χ3n) is 6.86. The zero-order valence-electron chi connectivity index (χ0n) is 21.3. The van der Waals surface area contributed by atoms with E-state index in [1.807, 2.05) is 39.0 Å². The lowest BCUT2D eigenvalue weighted by atomic mass is 9.87. The molecule has 1 N–H and O–H groups in total. The number of anilines is 2. The topological polar surface area (TPSA) is 69.7 Å². The van der Waals surface area contributed by atoms with E-state index in [1.54, 1.807) is 6.08 Å². The van der Waals surface area contributed by atoms with E-state index in [0.717, 1.165) is 50.2 Å². The van der Waals surface area contributed by atoms with E-state index in [2.05, 4.69) is 56.2 Å². The first kappa shape index (κ1) is 24.8. The maximum atomic E-state index is 13.0. The molecule has 2 heterocycles. The normalized spacial score (nSPS) is 18.1. The molecule has 0 spiro atoms. The molecular formula is C28H31N3O3S. The van der Waals surface area contributed by atoms with Crippen LogP contribution in [0.1, 0.15) is 48.6 Å². The van der Waals surface area contributed by atoms with Crippen LogP contribution in [0.4, 0.5) is 16.2 Å². The molecule has 0 aliphatic carbocycles. The van der Waals surface area contributed by atoms with Crippen molar-refractivity contribution in [1.29, 1.82) is 0 Å². The van der Waals surface area contributed by atoms with E-state index in [4.69, 9.17) is 0 Å². The van der Waals surface area contributed by atoms with Gasteiger partial charge in [0, 0.05) is 24.0 Å². The maximum Gasteiger partial charge on any atom is 0.294 e. The predicted octanol–water partition coefficient (Wildman–Crippen LogP) is 5.92. The molecule has 3 amide bonds. The quantitative estimate of drug-likeness (QED) is 0.540. The summed E-state index contributed by atoms with van der Waals surface area (Å²) in [6.45, 7) is 12.1. The van der Waals surface area contributed by atoms with Gasteiger partial charge in [-0.25, -0.2) is 0 Å². The molecule has 2 aliphatic heterocycles. The summed E-state index contributed by atoms with van der Waals surface area (Å²) in [6.07, 6.45) is 3.99. The molecule has 0 saturated carbocycles. The number of benzene rings is 2. The van der Waals surface area contributed by atoms with Gasteiger partial charge in [0.25, 0.3) is 11.1 Å². The minimum absolute atomic E-state index is 0.0917. The second-order valence-corrected chi connectivity index (χ2v) is 10.9. The first-order valence-corrected chi connectivity index (χ1v) is 12.4. The fourth-order valence-electron chi connectivity index (χ4n) is 4.41. The Morgan fingerprint density at radius 2 is 1.74 bits per heavy atom. The van der Waals surface area contributed by atoms with Crippen molar-refractivity contribution in [2.24, 2.45) is 0 Å². The summed E-state index contributed by atoms with van der Waals surface area (Å²) in [7, 11) is 2.08. The molecule has 2 aromatic rings. The summed E-state index contributed by atoms with van der Waals surface area (Å²) in [4.78, 5) is 41.7.